The predicted molar refractivity (Wildman–Crippen MR) is 87.7 cm³/mol. The van der Waals surface area contributed by atoms with Crippen LogP contribution in [0.4, 0.5) is 0 Å². The van der Waals surface area contributed by atoms with Crippen LogP contribution in [-0.4, -0.2) is 93.8 Å². The fourth-order valence-corrected chi connectivity index (χ4v) is 0.968. The van der Waals surface area contributed by atoms with E-state index in [9.17, 15) is 9.59 Å². The molecule has 0 saturated heterocycles. The van der Waals surface area contributed by atoms with Gasteiger partial charge in [0.05, 0.1) is 6.61 Å². The van der Waals surface area contributed by atoms with Crippen LogP contribution in [0.1, 0.15) is 13.8 Å². The van der Waals surface area contributed by atoms with Gasteiger partial charge in [-0.3, -0.25) is 4.79 Å². The van der Waals surface area contributed by atoms with E-state index in [0.29, 0.717) is 0 Å². The Balaban J connectivity index is 0. The zero-order valence-electron chi connectivity index (χ0n) is 11.5. The van der Waals surface area contributed by atoms with Crippen molar-refractivity contribution in [3.05, 3.63) is 5.53 Å². The topological polar surface area (TPSA) is 79.8 Å². The maximum atomic E-state index is 10.7. The van der Waals surface area contributed by atoms with Gasteiger partial charge in [-0.1, -0.05) is 0 Å². The third-order valence-corrected chi connectivity index (χ3v) is 2.01. The predicted octanol–water partition coefficient (Wildman–Crippen LogP) is -3.62. The Bertz CT molecular complexity index is 363. The van der Waals surface area contributed by atoms with Gasteiger partial charge in [-0.05, 0) is 6.92 Å². The van der Waals surface area contributed by atoms with Gasteiger partial charge < -0.3 is 10.3 Å². The van der Waals surface area contributed by atoms with E-state index < -0.39 is 30.2 Å². The van der Waals surface area contributed by atoms with Crippen molar-refractivity contribution in [1.82, 2.24) is 0 Å². The average molecular weight is 253 g/mol. The van der Waals surface area contributed by atoms with E-state index in [-0.39, 0.29) is 13.0 Å². The van der Waals surface area contributed by atoms with Crippen LogP contribution in [0.3, 0.4) is 0 Å². The minimum atomic E-state index is -0.900. The monoisotopic (exact) mass is 255 g/mol. The van der Waals surface area contributed by atoms with Crippen molar-refractivity contribution >= 4 is 82.4 Å². The molecule has 0 aliphatic heterocycles. The quantitative estimate of drug-likeness (QED) is 0.122. The smallest absolute Gasteiger partial charge is 0.441 e. The summed E-state index contributed by atoms with van der Waals surface area (Å²) in [5, 5.41) is 0. The number of hydrogen-bond acceptors (Lipinski definition) is 3. The summed E-state index contributed by atoms with van der Waals surface area (Å²) in [7, 11) is 27.5. The molecule has 0 spiro atoms. The highest BCUT2D eigenvalue weighted by molar-refractivity contribution is 7.93. The molecule has 14 heteroatoms. The lowest BCUT2D eigenvalue weighted by Crippen LogP contribution is -2.55. The number of hydrogen-bond donors (Lipinski definition) is 0. The van der Waals surface area contributed by atoms with Crippen LogP contribution >= 0.6 is 0 Å². The molecule has 0 saturated carbocycles. The summed E-state index contributed by atoms with van der Waals surface area (Å²) in [6.07, 6.45) is -1.46. The fraction of sp³-hybridized carbons (Fsp3) is 0.500. The van der Waals surface area contributed by atoms with Crippen LogP contribution in [-0.2, 0) is 14.3 Å². The molecule has 0 bridgehead atoms. The molecule has 5 nitrogen and oxygen atoms in total. The molecular formula is C6H8B9N2O3. The molecule has 0 aromatic heterocycles. The summed E-state index contributed by atoms with van der Waals surface area (Å²) in [5.41, 5.74) is 7.58. The van der Waals surface area contributed by atoms with E-state index in [4.69, 9.17) is 44.2 Å². The molecule has 87 valence electrons. The Morgan fingerprint density at radius 3 is 1.85 bits per heavy atom. The molecule has 0 amide bonds. The van der Waals surface area contributed by atoms with E-state index in [1.54, 1.807) is 6.92 Å². The Morgan fingerprint density at radius 2 is 1.70 bits per heavy atom. The summed E-state index contributed by atoms with van der Waals surface area (Å²) in [6.45, 7) is 2.85. The highest BCUT2D eigenvalue weighted by atomic mass is 16.5. The van der Waals surface area contributed by atoms with Crippen LogP contribution in [0, 0.1) is 0 Å². The second-order valence-corrected chi connectivity index (χ2v) is 3.65. The number of rotatable bonds is 6. The van der Waals surface area contributed by atoms with Gasteiger partial charge in [0.25, 0.3) is 0 Å². The second kappa shape index (κ2) is 11.9. The molecule has 11 radical (unpaired) electrons. The summed E-state index contributed by atoms with van der Waals surface area (Å²) in [6, 6.07) is 0. The van der Waals surface area contributed by atoms with Crippen LogP contribution in [0.25, 0.3) is 5.53 Å². The second-order valence-electron chi connectivity index (χ2n) is 3.65. The molecule has 0 heterocycles. The third kappa shape index (κ3) is 9.08. The molecule has 0 aliphatic rings. The minimum Gasteiger partial charge on any atom is -0.457 e. The molecule has 0 unspecified atom stereocenters. The number of carbonyl (C=O) groups is 2. The van der Waals surface area contributed by atoms with Gasteiger partial charge in [0.1, 0.15) is 0 Å². The maximum absolute atomic E-state index is 10.7. The van der Waals surface area contributed by atoms with E-state index in [2.05, 4.69) is 9.53 Å². The Labute approximate surface area is 128 Å². The first-order valence-corrected chi connectivity index (χ1v) is 5.70. The fourth-order valence-electron chi connectivity index (χ4n) is 0.968. The van der Waals surface area contributed by atoms with E-state index in [1.807, 2.05) is 0 Å². The normalized spacial score (nSPS) is 8.10. The van der Waals surface area contributed by atoms with Crippen LogP contribution in [0.15, 0.2) is 0 Å². The largest absolute Gasteiger partial charge is 0.457 e. The van der Waals surface area contributed by atoms with Gasteiger partial charge in [-0.15, -0.1) is 0 Å². The van der Waals surface area contributed by atoms with Crippen molar-refractivity contribution in [1.29, 1.82) is 0 Å². The molecule has 0 rings (SSSR count). The molecule has 20 heavy (non-hydrogen) atoms. The van der Waals surface area contributed by atoms with Crippen molar-refractivity contribution < 1.29 is 19.1 Å². The van der Waals surface area contributed by atoms with Gasteiger partial charge in [0.15, 0.2) is 0 Å². The molecular weight excluding hydrogens is 245 g/mol. The number of ether oxygens (including phenoxy) is 1. The first-order chi connectivity index (χ1) is 9.22. The van der Waals surface area contributed by atoms with Crippen LogP contribution in [0.2, 0.25) is 0 Å². The highest BCUT2D eigenvalue weighted by Gasteiger charge is 2.26. The number of Topliss-reactive ketones (excluding diaryl/α,β-unsaturated/α-hetero) is 1. The lowest BCUT2D eigenvalue weighted by Gasteiger charge is -2.17. The van der Waals surface area contributed by atoms with Crippen molar-refractivity contribution in [2.45, 2.75) is 13.8 Å². The van der Waals surface area contributed by atoms with E-state index in [0.717, 1.165) is 6.92 Å². The van der Waals surface area contributed by atoms with E-state index >= 15 is 0 Å². The first-order valence-electron chi connectivity index (χ1n) is 5.70. The van der Waals surface area contributed by atoms with Crippen molar-refractivity contribution in [3.63, 3.8) is 0 Å². The summed E-state index contributed by atoms with van der Waals surface area (Å²) >= 11 is 0. The zero-order valence-corrected chi connectivity index (χ0v) is 11.5. The number of nitrogens with zero attached hydrogens (tertiary/aromatic N) is 2. The van der Waals surface area contributed by atoms with Gasteiger partial charge in [-0.2, -0.15) is 4.79 Å². The Kier molecular flexibility index (Phi) is 12.7. The van der Waals surface area contributed by atoms with Crippen molar-refractivity contribution in [3.8, 4) is 0 Å². The summed E-state index contributed by atoms with van der Waals surface area (Å²) < 4.78 is 4.41. The average Bonchev–Trinajstić information content (AvgIpc) is 2.30. The SMILES string of the molecule is CCOC(=O)C(=[N+]=[N-])C(C)=O.[B][B]B(B([B])[B])B([B])[B]. The van der Waals surface area contributed by atoms with Crippen molar-refractivity contribution in [2.75, 3.05) is 6.61 Å². The van der Waals surface area contributed by atoms with Crippen LogP contribution < -0.4 is 0 Å². The summed E-state index contributed by atoms with van der Waals surface area (Å²) in [5.74, 6) is -1.52. The van der Waals surface area contributed by atoms with E-state index in [1.165, 1.54) is 7.06 Å². The first kappa shape index (κ1) is 21.4. The lowest BCUT2D eigenvalue weighted by atomic mass is 8.64. The number of carbonyl (C=O) groups excluding carboxylic acids is 2. The molecule has 0 aliphatic carbocycles. The van der Waals surface area contributed by atoms with Crippen molar-refractivity contribution in [2.24, 2.45) is 0 Å². The number of esters is 1. The summed E-state index contributed by atoms with van der Waals surface area (Å²) in [4.78, 5) is 23.7. The lowest BCUT2D eigenvalue weighted by molar-refractivity contribution is -0.141. The molecule has 0 atom stereocenters. The standard InChI is InChI=1S/C6H8N2O3.B9/c1-3-11-6(10)5(8-7)4(2)9;1-6-9(7(2)3)8(4)5/h3H2,1-2H3;. The van der Waals surface area contributed by atoms with Gasteiger partial charge in [0, 0.05) is 71.8 Å². The zero-order chi connectivity index (χ0) is 16.3. The third-order valence-electron chi connectivity index (χ3n) is 2.01. The molecule has 0 aromatic carbocycles. The van der Waals surface area contributed by atoms with Gasteiger partial charge in [-0.25, -0.2) is 4.79 Å². The highest BCUT2D eigenvalue weighted by Crippen LogP contribution is 1.82. The van der Waals surface area contributed by atoms with Crippen LogP contribution in [0.5, 0.6) is 0 Å². The Morgan fingerprint density at radius 1 is 1.25 bits per heavy atom. The Hall–Kier alpha value is -0.896. The molecule has 0 aromatic rings. The minimum absolute atomic E-state index is 0.144. The molecule has 0 fully saturated rings. The number of ketones is 1. The molecule has 0 N–H and O–H groups in total. The maximum Gasteiger partial charge on any atom is 0.441 e. The van der Waals surface area contributed by atoms with Gasteiger partial charge in [0.2, 0.25) is 5.78 Å². The van der Waals surface area contributed by atoms with Gasteiger partial charge >= 0.3 is 11.7 Å².